The minimum atomic E-state index is -0.0888. The molecule has 0 unspecified atom stereocenters. The van der Waals surface area contributed by atoms with Crippen molar-refractivity contribution in [2.75, 3.05) is 11.9 Å². The van der Waals surface area contributed by atoms with Crippen molar-refractivity contribution < 1.29 is 4.79 Å². The fourth-order valence-electron chi connectivity index (χ4n) is 2.49. The van der Waals surface area contributed by atoms with Crippen LogP contribution >= 0.6 is 27.3 Å². The third kappa shape index (κ3) is 4.81. The summed E-state index contributed by atoms with van der Waals surface area (Å²) >= 11 is 5.18. The molecule has 0 bridgehead atoms. The van der Waals surface area contributed by atoms with E-state index in [0.717, 1.165) is 31.8 Å². The Bertz CT molecular complexity index is 1030. The molecule has 1 aromatic heterocycles. The zero-order valence-electron chi connectivity index (χ0n) is 15.0. The van der Waals surface area contributed by atoms with Crippen LogP contribution in [0.4, 0.5) is 5.69 Å². The number of aromatic nitrogens is 1. The van der Waals surface area contributed by atoms with E-state index in [2.05, 4.69) is 42.8 Å². The predicted octanol–water partition coefficient (Wildman–Crippen LogP) is 4.74. The molecule has 0 fully saturated rings. The van der Waals surface area contributed by atoms with Gasteiger partial charge in [-0.1, -0.05) is 46.3 Å². The van der Waals surface area contributed by atoms with Gasteiger partial charge in [0.05, 0.1) is 11.9 Å². The number of nitrogens with one attached hydrogen (secondary N) is 1. The van der Waals surface area contributed by atoms with Gasteiger partial charge in [-0.3, -0.25) is 9.79 Å². The molecule has 0 aliphatic heterocycles. The lowest BCUT2D eigenvalue weighted by Gasteiger charge is -2.06. The lowest BCUT2D eigenvalue weighted by Crippen LogP contribution is -2.12. The minimum Gasteiger partial charge on any atom is -0.326 e. The van der Waals surface area contributed by atoms with E-state index >= 15 is 0 Å². The molecule has 0 radical (unpaired) electrons. The van der Waals surface area contributed by atoms with Crippen molar-refractivity contribution in [2.45, 2.75) is 13.8 Å². The summed E-state index contributed by atoms with van der Waals surface area (Å²) in [6, 6.07) is 15.6. The van der Waals surface area contributed by atoms with Gasteiger partial charge in [0.1, 0.15) is 0 Å². The van der Waals surface area contributed by atoms with Gasteiger partial charge in [-0.25, -0.2) is 4.68 Å². The molecule has 138 valence electrons. The van der Waals surface area contributed by atoms with Crippen LogP contribution in [0.15, 0.2) is 68.5 Å². The molecule has 0 saturated heterocycles. The van der Waals surface area contributed by atoms with Gasteiger partial charge in [-0.05, 0) is 30.7 Å². The number of benzene rings is 2. The topological polar surface area (TPSA) is 58.8 Å². The van der Waals surface area contributed by atoms with Crippen LogP contribution in [0.1, 0.15) is 19.4 Å². The fraction of sp³-hybridized carbons (Fsp3) is 0.150. The van der Waals surface area contributed by atoms with Crippen molar-refractivity contribution in [3.05, 3.63) is 68.7 Å². The van der Waals surface area contributed by atoms with E-state index in [1.54, 1.807) is 17.6 Å². The number of hydrogen-bond donors (Lipinski definition) is 1. The summed E-state index contributed by atoms with van der Waals surface area (Å²) in [5, 5.41) is 9.48. The van der Waals surface area contributed by atoms with Gasteiger partial charge >= 0.3 is 0 Å². The Morgan fingerprint density at radius 2 is 1.96 bits per heavy atom. The van der Waals surface area contributed by atoms with Crippen molar-refractivity contribution in [1.29, 1.82) is 0 Å². The van der Waals surface area contributed by atoms with E-state index in [1.807, 2.05) is 54.1 Å². The molecule has 1 N–H and O–H groups in total. The van der Waals surface area contributed by atoms with E-state index in [1.165, 1.54) is 6.92 Å². The summed E-state index contributed by atoms with van der Waals surface area (Å²) in [5.74, 6) is -0.0888. The second-order valence-corrected chi connectivity index (χ2v) is 7.41. The van der Waals surface area contributed by atoms with E-state index in [4.69, 9.17) is 0 Å². The number of nitrogens with zero attached hydrogens (tertiary/aromatic N) is 3. The van der Waals surface area contributed by atoms with E-state index in [-0.39, 0.29) is 5.91 Å². The number of carbonyl (C=O) groups excluding carboxylic acids is 1. The standard InChI is InChI=1S/C20H19BrN4OS/c1-3-22-20-25(19(13-27-20)17-6-4-5-7-18(17)21)23-12-15-8-10-16(11-9-15)24-14(2)26/h4-13H,3H2,1-2H3,(H,24,26)/b22-20?,23-12+. The van der Waals surface area contributed by atoms with Crippen LogP contribution in [0, 0.1) is 0 Å². The zero-order valence-corrected chi connectivity index (χ0v) is 17.4. The molecule has 0 saturated carbocycles. The summed E-state index contributed by atoms with van der Waals surface area (Å²) in [7, 11) is 0. The molecule has 1 heterocycles. The molecule has 7 heteroatoms. The van der Waals surface area contributed by atoms with Crippen molar-refractivity contribution in [1.82, 2.24) is 4.68 Å². The largest absolute Gasteiger partial charge is 0.326 e. The Labute approximate surface area is 170 Å². The van der Waals surface area contributed by atoms with Gasteiger partial charge in [-0.15, -0.1) is 11.3 Å². The monoisotopic (exact) mass is 442 g/mol. The van der Waals surface area contributed by atoms with Crippen LogP contribution in [0.2, 0.25) is 0 Å². The minimum absolute atomic E-state index is 0.0888. The van der Waals surface area contributed by atoms with Gasteiger partial charge in [0, 0.05) is 34.6 Å². The predicted molar refractivity (Wildman–Crippen MR) is 115 cm³/mol. The van der Waals surface area contributed by atoms with E-state index in [0.29, 0.717) is 6.54 Å². The van der Waals surface area contributed by atoms with E-state index in [9.17, 15) is 4.79 Å². The van der Waals surface area contributed by atoms with Crippen molar-refractivity contribution in [3.63, 3.8) is 0 Å². The Morgan fingerprint density at radius 3 is 2.63 bits per heavy atom. The summed E-state index contributed by atoms with van der Waals surface area (Å²) in [6.07, 6.45) is 1.79. The highest BCUT2D eigenvalue weighted by Crippen LogP contribution is 2.28. The number of carbonyl (C=O) groups is 1. The molecule has 5 nitrogen and oxygen atoms in total. The number of hydrogen-bond acceptors (Lipinski definition) is 4. The maximum absolute atomic E-state index is 11.1. The van der Waals surface area contributed by atoms with Gasteiger partial charge in [0.25, 0.3) is 0 Å². The molecule has 0 spiro atoms. The molecule has 0 atom stereocenters. The van der Waals surface area contributed by atoms with Crippen LogP contribution in [-0.4, -0.2) is 23.3 Å². The first-order valence-electron chi connectivity index (χ1n) is 8.46. The molecule has 3 rings (SSSR count). The smallest absolute Gasteiger partial charge is 0.221 e. The normalized spacial score (nSPS) is 11.9. The Balaban J connectivity index is 1.97. The van der Waals surface area contributed by atoms with Crippen molar-refractivity contribution in [3.8, 4) is 11.3 Å². The van der Waals surface area contributed by atoms with Crippen molar-refractivity contribution >= 4 is 45.1 Å². The third-order valence-corrected chi connectivity index (χ3v) is 5.23. The highest BCUT2D eigenvalue weighted by molar-refractivity contribution is 9.10. The number of halogens is 1. The van der Waals surface area contributed by atoms with Crippen LogP contribution in [0.3, 0.4) is 0 Å². The lowest BCUT2D eigenvalue weighted by molar-refractivity contribution is -0.114. The first-order chi connectivity index (χ1) is 13.1. The van der Waals surface area contributed by atoms with Crippen LogP contribution in [0.5, 0.6) is 0 Å². The zero-order chi connectivity index (χ0) is 19.2. The summed E-state index contributed by atoms with van der Waals surface area (Å²) in [6.45, 7) is 4.19. The summed E-state index contributed by atoms with van der Waals surface area (Å²) in [4.78, 5) is 16.5. The first kappa shape index (κ1) is 19.3. The Kier molecular flexibility index (Phi) is 6.36. The fourth-order valence-corrected chi connectivity index (χ4v) is 3.87. The second kappa shape index (κ2) is 8.92. The molecule has 2 aromatic carbocycles. The van der Waals surface area contributed by atoms with Gasteiger partial charge < -0.3 is 5.32 Å². The quantitative estimate of drug-likeness (QED) is 0.569. The number of thiazole rings is 1. The average Bonchev–Trinajstić information content (AvgIpc) is 3.04. The Hall–Kier alpha value is -2.51. The molecular weight excluding hydrogens is 424 g/mol. The molecule has 27 heavy (non-hydrogen) atoms. The first-order valence-corrected chi connectivity index (χ1v) is 10.1. The van der Waals surface area contributed by atoms with E-state index < -0.39 is 0 Å². The maximum atomic E-state index is 11.1. The van der Waals surface area contributed by atoms with Crippen LogP contribution in [0.25, 0.3) is 11.3 Å². The average molecular weight is 443 g/mol. The summed E-state index contributed by atoms with van der Waals surface area (Å²) in [5.41, 5.74) is 3.73. The molecule has 3 aromatic rings. The second-order valence-electron chi connectivity index (χ2n) is 5.72. The Morgan fingerprint density at radius 1 is 1.22 bits per heavy atom. The summed E-state index contributed by atoms with van der Waals surface area (Å²) < 4.78 is 2.87. The van der Waals surface area contributed by atoms with Crippen LogP contribution in [-0.2, 0) is 4.79 Å². The molecule has 0 aliphatic carbocycles. The van der Waals surface area contributed by atoms with Gasteiger partial charge in [0.15, 0.2) is 0 Å². The lowest BCUT2D eigenvalue weighted by atomic mass is 10.2. The van der Waals surface area contributed by atoms with Gasteiger partial charge in [-0.2, -0.15) is 5.10 Å². The van der Waals surface area contributed by atoms with Crippen molar-refractivity contribution in [2.24, 2.45) is 10.1 Å². The highest BCUT2D eigenvalue weighted by atomic mass is 79.9. The molecule has 0 aliphatic rings. The molecular formula is C20H19BrN4OS. The number of amides is 1. The van der Waals surface area contributed by atoms with Crippen LogP contribution < -0.4 is 10.1 Å². The number of rotatable bonds is 5. The van der Waals surface area contributed by atoms with Gasteiger partial charge in [0.2, 0.25) is 10.7 Å². The molecule has 1 amide bonds. The third-order valence-electron chi connectivity index (χ3n) is 3.68. The SMILES string of the molecule is CCN=c1scc(-c2ccccc2Br)n1/N=C/c1ccc(NC(C)=O)cc1. The number of anilines is 1. The maximum Gasteiger partial charge on any atom is 0.221 e. The highest BCUT2D eigenvalue weighted by Gasteiger charge is 2.10.